The van der Waals surface area contributed by atoms with Gasteiger partial charge in [-0.2, -0.15) is 0 Å². The summed E-state index contributed by atoms with van der Waals surface area (Å²) in [7, 11) is 1.38. The molecule has 22 heavy (non-hydrogen) atoms. The summed E-state index contributed by atoms with van der Waals surface area (Å²) in [5.74, 6) is -1.66. The predicted octanol–water partition coefficient (Wildman–Crippen LogP) is 1.56. The van der Waals surface area contributed by atoms with E-state index < -0.39 is 17.9 Å². The number of benzene rings is 1. The molecular weight excluding hydrogens is 304 g/mol. The number of methoxy groups -OCH3 is 1. The van der Waals surface area contributed by atoms with Crippen LogP contribution < -0.4 is 5.32 Å². The van der Waals surface area contributed by atoms with Gasteiger partial charge in [0.05, 0.1) is 11.6 Å². The minimum Gasteiger partial charge on any atom is -0.480 e. The second kappa shape index (κ2) is 7.67. The van der Waals surface area contributed by atoms with Crippen molar-refractivity contribution in [1.29, 1.82) is 0 Å². The molecule has 0 saturated heterocycles. The molecule has 1 amide bonds. The number of carbonyl (C=O) groups excluding carboxylic acids is 1. The molecule has 2 N–H and O–H groups in total. The van der Waals surface area contributed by atoms with E-state index in [9.17, 15) is 9.59 Å². The van der Waals surface area contributed by atoms with Gasteiger partial charge in [0.2, 0.25) is 0 Å². The number of carbonyl (C=O) groups is 2. The second-order valence-electron chi connectivity index (χ2n) is 4.61. The number of carboxylic acid groups (broad SMARTS) is 1. The zero-order valence-electron chi connectivity index (χ0n) is 12.0. The third-order valence-corrected chi connectivity index (χ3v) is 3.77. The highest BCUT2D eigenvalue weighted by molar-refractivity contribution is 7.09. The van der Waals surface area contributed by atoms with Crippen molar-refractivity contribution < 1.29 is 19.4 Å². The van der Waals surface area contributed by atoms with Crippen molar-refractivity contribution in [3.63, 3.8) is 0 Å². The standard InChI is InChI=1S/C15H16N2O4S/c1-21-8-11(15(19)20)17-14(18)12-9-22-13(16-12)7-10-5-3-2-4-6-10/h2-6,9,11H,7-8H2,1H3,(H,17,18)(H,19,20). The van der Waals surface area contributed by atoms with Gasteiger partial charge < -0.3 is 15.2 Å². The van der Waals surface area contributed by atoms with Crippen molar-refractivity contribution >= 4 is 23.2 Å². The largest absolute Gasteiger partial charge is 0.480 e. The van der Waals surface area contributed by atoms with E-state index in [2.05, 4.69) is 10.3 Å². The minimum absolute atomic E-state index is 0.0952. The van der Waals surface area contributed by atoms with E-state index in [4.69, 9.17) is 9.84 Å². The Hall–Kier alpha value is -2.25. The fraction of sp³-hybridized carbons (Fsp3) is 0.267. The molecule has 116 valence electrons. The monoisotopic (exact) mass is 320 g/mol. The van der Waals surface area contributed by atoms with Crippen molar-refractivity contribution in [3.05, 3.63) is 52.0 Å². The summed E-state index contributed by atoms with van der Waals surface area (Å²) >= 11 is 1.37. The number of hydrogen-bond donors (Lipinski definition) is 2. The number of amides is 1. The van der Waals surface area contributed by atoms with Gasteiger partial charge in [-0.1, -0.05) is 30.3 Å². The highest BCUT2D eigenvalue weighted by Gasteiger charge is 2.21. The number of nitrogens with one attached hydrogen (secondary N) is 1. The molecule has 1 atom stereocenters. The normalized spacial score (nSPS) is 11.9. The van der Waals surface area contributed by atoms with E-state index in [0.29, 0.717) is 6.42 Å². The fourth-order valence-corrected chi connectivity index (χ4v) is 2.65. The zero-order valence-corrected chi connectivity index (χ0v) is 12.8. The lowest BCUT2D eigenvalue weighted by Crippen LogP contribution is -2.43. The van der Waals surface area contributed by atoms with Gasteiger partial charge in [-0.25, -0.2) is 9.78 Å². The van der Waals surface area contributed by atoms with Crippen LogP contribution in [0.4, 0.5) is 0 Å². The van der Waals surface area contributed by atoms with Crippen LogP contribution in [0.3, 0.4) is 0 Å². The van der Waals surface area contributed by atoms with Crippen LogP contribution >= 0.6 is 11.3 Å². The van der Waals surface area contributed by atoms with Crippen LogP contribution in [0.1, 0.15) is 21.1 Å². The van der Waals surface area contributed by atoms with Crippen LogP contribution in [0.15, 0.2) is 35.7 Å². The number of aliphatic carboxylic acids is 1. The lowest BCUT2D eigenvalue weighted by atomic mass is 10.2. The zero-order chi connectivity index (χ0) is 15.9. The predicted molar refractivity (Wildman–Crippen MR) is 82.1 cm³/mol. The lowest BCUT2D eigenvalue weighted by Gasteiger charge is -2.12. The first-order valence-corrected chi connectivity index (χ1v) is 7.49. The van der Waals surface area contributed by atoms with E-state index in [1.165, 1.54) is 18.4 Å². The minimum atomic E-state index is -1.14. The molecule has 6 nitrogen and oxygen atoms in total. The Labute approximate surface area is 131 Å². The Bertz CT molecular complexity index is 642. The van der Waals surface area contributed by atoms with Crippen LogP contribution in [0.25, 0.3) is 0 Å². The smallest absolute Gasteiger partial charge is 0.328 e. The van der Waals surface area contributed by atoms with Crippen molar-refractivity contribution in [2.75, 3.05) is 13.7 Å². The van der Waals surface area contributed by atoms with Crippen LogP contribution in [0, 0.1) is 0 Å². The van der Waals surface area contributed by atoms with Crippen LogP contribution in [0.5, 0.6) is 0 Å². The maximum atomic E-state index is 12.0. The maximum absolute atomic E-state index is 12.0. The number of ether oxygens (including phenoxy) is 1. The van der Waals surface area contributed by atoms with Crippen LogP contribution in [0.2, 0.25) is 0 Å². The molecule has 0 fully saturated rings. The topological polar surface area (TPSA) is 88.5 Å². The van der Waals surface area contributed by atoms with Crippen molar-refractivity contribution in [1.82, 2.24) is 10.3 Å². The van der Waals surface area contributed by atoms with Gasteiger partial charge in [0.15, 0.2) is 6.04 Å². The number of aromatic nitrogens is 1. The molecule has 0 bridgehead atoms. The van der Waals surface area contributed by atoms with E-state index in [1.54, 1.807) is 5.38 Å². The average molecular weight is 320 g/mol. The van der Waals surface area contributed by atoms with Crippen LogP contribution in [-0.2, 0) is 16.0 Å². The summed E-state index contributed by atoms with van der Waals surface area (Å²) in [4.78, 5) is 27.3. The number of nitrogens with zero attached hydrogens (tertiary/aromatic N) is 1. The van der Waals surface area contributed by atoms with Gasteiger partial charge in [-0.15, -0.1) is 11.3 Å². The number of hydrogen-bond acceptors (Lipinski definition) is 5. The maximum Gasteiger partial charge on any atom is 0.328 e. The Morgan fingerprint density at radius 2 is 2.09 bits per heavy atom. The molecule has 1 aromatic carbocycles. The van der Waals surface area contributed by atoms with Gasteiger partial charge in [0.1, 0.15) is 5.69 Å². The van der Waals surface area contributed by atoms with E-state index in [1.807, 2.05) is 30.3 Å². The lowest BCUT2D eigenvalue weighted by molar-refractivity contribution is -0.140. The van der Waals surface area contributed by atoms with E-state index in [-0.39, 0.29) is 12.3 Å². The van der Waals surface area contributed by atoms with E-state index in [0.717, 1.165) is 10.6 Å². The van der Waals surface area contributed by atoms with E-state index >= 15 is 0 Å². The third-order valence-electron chi connectivity index (χ3n) is 2.92. The summed E-state index contributed by atoms with van der Waals surface area (Å²) in [5.41, 5.74) is 1.32. The Balaban J connectivity index is 2.01. The van der Waals surface area contributed by atoms with Crippen molar-refractivity contribution in [2.45, 2.75) is 12.5 Å². The Morgan fingerprint density at radius 3 is 2.73 bits per heavy atom. The van der Waals surface area contributed by atoms with Crippen LogP contribution in [-0.4, -0.2) is 41.7 Å². The molecular formula is C15H16N2O4S. The molecule has 0 aliphatic carbocycles. The summed E-state index contributed by atoms with van der Waals surface area (Å²) in [6.07, 6.45) is 0.638. The summed E-state index contributed by atoms with van der Waals surface area (Å²) in [6, 6.07) is 8.71. The molecule has 0 spiro atoms. The summed E-state index contributed by atoms with van der Waals surface area (Å²) in [6.45, 7) is -0.0952. The quantitative estimate of drug-likeness (QED) is 0.808. The van der Waals surface area contributed by atoms with Gasteiger partial charge in [0, 0.05) is 18.9 Å². The average Bonchev–Trinajstić information content (AvgIpc) is 2.96. The molecule has 1 unspecified atom stereocenters. The molecule has 0 aliphatic rings. The molecule has 0 saturated carbocycles. The molecule has 0 aliphatic heterocycles. The first-order valence-electron chi connectivity index (χ1n) is 6.61. The highest BCUT2D eigenvalue weighted by atomic mass is 32.1. The first kappa shape index (κ1) is 16.1. The number of carboxylic acids is 1. The van der Waals surface area contributed by atoms with Crippen molar-refractivity contribution in [3.8, 4) is 0 Å². The molecule has 1 heterocycles. The van der Waals surface area contributed by atoms with Gasteiger partial charge in [-0.05, 0) is 5.56 Å². The summed E-state index contributed by atoms with van der Waals surface area (Å²) < 4.78 is 4.77. The SMILES string of the molecule is COCC(NC(=O)c1csc(Cc2ccccc2)n1)C(=O)O. The first-order chi connectivity index (χ1) is 10.6. The Kier molecular flexibility index (Phi) is 5.62. The van der Waals surface area contributed by atoms with Gasteiger partial charge in [0.25, 0.3) is 5.91 Å². The summed E-state index contributed by atoms with van der Waals surface area (Å²) in [5, 5.41) is 13.8. The fourth-order valence-electron chi connectivity index (χ4n) is 1.84. The molecule has 7 heteroatoms. The molecule has 1 aromatic heterocycles. The second-order valence-corrected chi connectivity index (χ2v) is 5.55. The highest BCUT2D eigenvalue weighted by Crippen LogP contribution is 2.14. The molecule has 2 aromatic rings. The molecule has 2 rings (SSSR count). The third kappa shape index (κ3) is 4.37. The van der Waals surface area contributed by atoms with Gasteiger partial charge >= 0.3 is 5.97 Å². The molecule has 0 radical (unpaired) electrons. The Morgan fingerprint density at radius 1 is 1.36 bits per heavy atom. The van der Waals surface area contributed by atoms with Crippen molar-refractivity contribution in [2.24, 2.45) is 0 Å². The van der Waals surface area contributed by atoms with Gasteiger partial charge in [-0.3, -0.25) is 4.79 Å². The number of rotatable bonds is 7. The number of thiazole rings is 1.